The molecule has 3 aromatic rings. The van der Waals surface area contributed by atoms with Crippen molar-refractivity contribution in [2.45, 2.75) is 37.1 Å². The number of nitrogens with one attached hydrogen (secondary N) is 1. The first-order chi connectivity index (χ1) is 13.7. The van der Waals surface area contributed by atoms with E-state index in [1.165, 1.54) is 22.3 Å². The van der Waals surface area contributed by atoms with E-state index in [1.54, 1.807) is 27.4 Å². The Hall–Kier alpha value is -2.44. The fraction of sp³-hybridized carbons (Fsp3) is 0.273. The number of fused-ring (bicyclic) bond motifs is 1. The molecule has 6 heteroatoms. The third kappa shape index (κ3) is 2.71. The Kier molecular flexibility index (Phi) is 4.33. The van der Waals surface area contributed by atoms with Gasteiger partial charge in [0.1, 0.15) is 0 Å². The predicted octanol–water partition coefficient (Wildman–Crippen LogP) is 5.35. The fourth-order valence-electron chi connectivity index (χ4n) is 4.00. The SMILES string of the molecule is C=CC(=O)n1nc(NC2CCC2)c2c1CC(c1cccs1)(c1cccs1)C=C2. The van der Waals surface area contributed by atoms with Gasteiger partial charge in [0.25, 0.3) is 5.91 Å². The topological polar surface area (TPSA) is 46.9 Å². The van der Waals surface area contributed by atoms with E-state index < -0.39 is 0 Å². The Balaban J connectivity index is 1.65. The van der Waals surface area contributed by atoms with Crippen molar-refractivity contribution in [3.05, 3.63) is 74.8 Å². The summed E-state index contributed by atoms with van der Waals surface area (Å²) in [5, 5.41) is 12.4. The average Bonchev–Trinajstić information content (AvgIpc) is 3.44. The van der Waals surface area contributed by atoms with Crippen LogP contribution < -0.4 is 5.32 Å². The first kappa shape index (κ1) is 17.6. The van der Waals surface area contributed by atoms with E-state index in [0.717, 1.165) is 29.9 Å². The zero-order valence-corrected chi connectivity index (χ0v) is 17.1. The van der Waals surface area contributed by atoms with Crippen LogP contribution in [-0.2, 0) is 11.8 Å². The van der Waals surface area contributed by atoms with Crippen molar-refractivity contribution in [2.75, 3.05) is 5.32 Å². The molecular formula is C22H21N3OS2. The molecule has 1 saturated carbocycles. The lowest BCUT2D eigenvalue weighted by Crippen LogP contribution is -2.30. The van der Waals surface area contributed by atoms with Gasteiger partial charge >= 0.3 is 0 Å². The maximum Gasteiger partial charge on any atom is 0.270 e. The van der Waals surface area contributed by atoms with Crippen LogP contribution in [0.4, 0.5) is 5.82 Å². The van der Waals surface area contributed by atoms with Gasteiger partial charge in [-0.05, 0) is 48.2 Å². The number of carbonyl (C=O) groups excluding carboxylic acids is 1. The van der Waals surface area contributed by atoms with E-state index in [1.807, 2.05) is 0 Å². The zero-order valence-electron chi connectivity index (χ0n) is 15.4. The van der Waals surface area contributed by atoms with E-state index in [-0.39, 0.29) is 11.3 Å². The van der Waals surface area contributed by atoms with Crippen molar-refractivity contribution in [3.63, 3.8) is 0 Å². The van der Waals surface area contributed by atoms with Crippen LogP contribution >= 0.6 is 22.7 Å². The Morgan fingerprint density at radius 2 is 1.96 bits per heavy atom. The third-order valence-electron chi connectivity index (χ3n) is 5.75. The average molecular weight is 408 g/mol. The van der Waals surface area contributed by atoms with Gasteiger partial charge in [-0.2, -0.15) is 4.68 Å². The lowest BCUT2D eigenvalue weighted by Gasteiger charge is -2.32. The molecule has 3 aromatic heterocycles. The molecule has 2 aliphatic carbocycles. The summed E-state index contributed by atoms with van der Waals surface area (Å²) in [4.78, 5) is 15.2. The van der Waals surface area contributed by atoms with Crippen molar-refractivity contribution >= 4 is 40.5 Å². The van der Waals surface area contributed by atoms with E-state index >= 15 is 0 Å². The first-order valence-corrected chi connectivity index (χ1v) is 11.3. The number of rotatable bonds is 5. The summed E-state index contributed by atoms with van der Waals surface area (Å²) in [7, 11) is 0. The van der Waals surface area contributed by atoms with Gasteiger partial charge in [-0.15, -0.1) is 27.8 Å². The minimum Gasteiger partial charge on any atom is -0.365 e. The molecule has 0 unspecified atom stereocenters. The van der Waals surface area contributed by atoms with Crippen LogP contribution in [0.3, 0.4) is 0 Å². The molecule has 2 aliphatic rings. The van der Waals surface area contributed by atoms with Crippen molar-refractivity contribution in [2.24, 2.45) is 0 Å². The van der Waals surface area contributed by atoms with Crippen LogP contribution in [0.25, 0.3) is 6.08 Å². The highest BCUT2D eigenvalue weighted by Crippen LogP contribution is 2.46. The van der Waals surface area contributed by atoms with Crippen molar-refractivity contribution in [1.82, 2.24) is 9.78 Å². The predicted molar refractivity (Wildman–Crippen MR) is 116 cm³/mol. The standard InChI is InChI=1S/C22H21N3OS2/c1-2-20(26)25-17-14-22(18-8-4-12-27-18,19-9-5-13-28-19)11-10-16(17)21(24-25)23-15-6-3-7-15/h2,4-5,8-13,15H,1,3,6-7,14H2,(H,23,24). The normalized spacial score (nSPS) is 17.7. The van der Waals surface area contributed by atoms with Crippen molar-refractivity contribution < 1.29 is 4.79 Å². The van der Waals surface area contributed by atoms with Crippen LogP contribution in [0, 0.1) is 0 Å². The molecule has 0 aromatic carbocycles. The van der Waals surface area contributed by atoms with Gasteiger partial charge in [0.15, 0.2) is 5.82 Å². The van der Waals surface area contributed by atoms with Crippen LogP contribution in [0.15, 0.2) is 53.8 Å². The molecule has 4 nitrogen and oxygen atoms in total. The maximum atomic E-state index is 12.6. The van der Waals surface area contributed by atoms with Crippen LogP contribution in [0.2, 0.25) is 0 Å². The van der Waals surface area contributed by atoms with Gasteiger partial charge in [-0.3, -0.25) is 4.79 Å². The van der Waals surface area contributed by atoms with Crippen LogP contribution in [-0.4, -0.2) is 21.7 Å². The van der Waals surface area contributed by atoms with E-state index in [2.05, 4.69) is 64.2 Å². The molecule has 3 heterocycles. The second kappa shape index (κ2) is 6.87. The van der Waals surface area contributed by atoms with Gasteiger partial charge in [0.2, 0.25) is 0 Å². The largest absolute Gasteiger partial charge is 0.365 e. The Bertz CT molecular complexity index is 1010. The summed E-state index contributed by atoms with van der Waals surface area (Å²) in [5.74, 6) is 0.636. The second-order valence-electron chi connectivity index (χ2n) is 7.37. The van der Waals surface area contributed by atoms with Crippen molar-refractivity contribution in [3.8, 4) is 0 Å². The quantitative estimate of drug-likeness (QED) is 0.580. The van der Waals surface area contributed by atoms with Gasteiger partial charge in [-0.1, -0.05) is 30.9 Å². The number of thiophene rings is 2. The molecule has 0 atom stereocenters. The second-order valence-corrected chi connectivity index (χ2v) is 9.27. The Morgan fingerprint density at radius 3 is 2.50 bits per heavy atom. The summed E-state index contributed by atoms with van der Waals surface area (Å²) in [5.41, 5.74) is 1.73. The smallest absolute Gasteiger partial charge is 0.270 e. The van der Waals surface area contributed by atoms with Crippen LogP contribution in [0.1, 0.15) is 45.1 Å². The third-order valence-corrected chi connectivity index (χ3v) is 7.85. The molecule has 0 bridgehead atoms. The van der Waals surface area contributed by atoms with E-state index in [9.17, 15) is 4.79 Å². The number of anilines is 1. The fourth-order valence-corrected chi connectivity index (χ4v) is 5.91. The summed E-state index contributed by atoms with van der Waals surface area (Å²) < 4.78 is 1.54. The molecular weight excluding hydrogens is 386 g/mol. The van der Waals surface area contributed by atoms with Gasteiger partial charge < -0.3 is 5.32 Å². The number of hydrogen-bond acceptors (Lipinski definition) is 5. The number of hydrogen-bond donors (Lipinski definition) is 1. The Labute approximate surface area is 172 Å². The minimum absolute atomic E-state index is 0.181. The van der Waals surface area contributed by atoms with Crippen LogP contribution in [0.5, 0.6) is 0 Å². The van der Waals surface area contributed by atoms with Gasteiger partial charge in [0.05, 0.1) is 11.1 Å². The van der Waals surface area contributed by atoms with Gasteiger partial charge in [-0.25, -0.2) is 0 Å². The molecule has 5 rings (SSSR count). The number of aromatic nitrogens is 2. The molecule has 0 radical (unpaired) electrons. The van der Waals surface area contributed by atoms with Crippen molar-refractivity contribution in [1.29, 1.82) is 0 Å². The lowest BCUT2D eigenvalue weighted by atomic mass is 9.76. The molecule has 0 spiro atoms. The zero-order chi connectivity index (χ0) is 19.1. The minimum atomic E-state index is -0.262. The maximum absolute atomic E-state index is 12.6. The number of nitrogens with zero attached hydrogens (tertiary/aromatic N) is 2. The molecule has 0 saturated heterocycles. The summed E-state index contributed by atoms with van der Waals surface area (Å²) >= 11 is 3.51. The summed E-state index contributed by atoms with van der Waals surface area (Å²) in [6, 6.07) is 9.01. The molecule has 28 heavy (non-hydrogen) atoms. The molecule has 1 fully saturated rings. The Morgan fingerprint density at radius 1 is 1.25 bits per heavy atom. The highest BCUT2D eigenvalue weighted by Gasteiger charge is 2.40. The highest BCUT2D eigenvalue weighted by molar-refractivity contribution is 7.11. The molecule has 142 valence electrons. The first-order valence-electron chi connectivity index (χ1n) is 9.54. The monoisotopic (exact) mass is 407 g/mol. The highest BCUT2D eigenvalue weighted by atomic mass is 32.1. The number of allylic oxidation sites excluding steroid dienone is 2. The number of carbonyl (C=O) groups is 1. The molecule has 0 amide bonds. The van der Waals surface area contributed by atoms with Gasteiger partial charge in [0, 0.05) is 27.8 Å². The lowest BCUT2D eigenvalue weighted by molar-refractivity contribution is 0.0950. The summed E-state index contributed by atoms with van der Waals surface area (Å²) in [6.07, 6.45) is 10.1. The molecule has 0 aliphatic heterocycles. The van der Waals surface area contributed by atoms with E-state index in [0.29, 0.717) is 12.5 Å². The molecule has 1 N–H and O–H groups in total. The van der Waals surface area contributed by atoms with E-state index in [4.69, 9.17) is 0 Å². The summed E-state index contributed by atoms with van der Waals surface area (Å²) in [6.45, 7) is 3.67.